The molecule has 9 heteroatoms. The third kappa shape index (κ3) is 2.67. The Morgan fingerprint density at radius 1 is 1.28 bits per heavy atom. The molecule has 2 aliphatic rings. The number of aromatic amines is 1. The second-order valence-corrected chi connectivity index (χ2v) is 6.31. The lowest BCUT2D eigenvalue weighted by Gasteiger charge is -2.43. The van der Waals surface area contributed by atoms with E-state index >= 15 is 0 Å². The molecule has 1 fully saturated rings. The van der Waals surface area contributed by atoms with Crippen LogP contribution in [0.15, 0.2) is 27.5 Å². The molecule has 9 nitrogen and oxygen atoms in total. The largest absolute Gasteiger partial charge is 0.486 e. The maximum Gasteiger partial charge on any atom is 0.439 e. The van der Waals surface area contributed by atoms with Gasteiger partial charge in [-0.25, -0.2) is 9.59 Å². The summed E-state index contributed by atoms with van der Waals surface area (Å²) in [5.74, 6) is -0.0255. The topological polar surface area (TPSA) is 126 Å². The number of nitrogens with zero attached hydrogens (tertiary/aromatic N) is 2. The summed E-state index contributed by atoms with van der Waals surface area (Å²) in [7, 11) is 0. The number of Topliss-reactive ketones (excluding diaryl/α,β-unsaturated/α-hetero) is 1. The number of carbonyl (C=O) groups is 2. The van der Waals surface area contributed by atoms with Gasteiger partial charge in [0.15, 0.2) is 11.6 Å². The summed E-state index contributed by atoms with van der Waals surface area (Å²) in [5.41, 5.74) is 0.325. The minimum atomic E-state index is -0.955. The molecule has 0 atom stereocenters. The molecular weight excluding hydrogens is 330 g/mol. The first-order valence-electron chi connectivity index (χ1n) is 7.86. The number of carbonyl (C=O) groups excluding carboxylic acids is 1. The van der Waals surface area contributed by atoms with E-state index in [1.807, 2.05) is 0 Å². The smallest absolute Gasteiger partial charge is 0.439 e. The number of rotatable bonds is 1. The molecule has 25 heavy (non-hydrogen) atoms. The molecule has 4 rings (SSSR count). The van der Waals surface area contributed by atoms with Crippen molar-refractivity contribution < 1.29 is 24.0 Å². The van der Waals surface area contributed by atoms with Crippen molar-refractivity contribution in [2.45, 2.75) is 24.9 Å². The number of carboxylic acid groups (broad SMARTS) is 1. The molecule has 130 valence electrons. The second-order valence-electron chi connectivity index (χ2n) is 6.31. The van der Waals surface area contributed by atoms with Gasteiger partial charge in [-0.3, -0.25) is 14.3 Å². The van der Waals surface area contributed by atoms with E-state index in [1.54, 1.807) is 18.2 Å². The molecule has 2 aliphatic heterocycles. The summed E-state index contributed by atoms with van der Waals surface area (Å²) in [6.45, 7) is 0.687. The molecule has 1 spiro atoms. The summed E-state index contributed by atoms with van der Waals surface area (Å²) in [6.07, 6.45) is 0.196. The molecule has 2 aromatic rings. The van der Waals surface area contributed by atoms with E-state index in [2.05, 4.69) is 14.7 Å². The number of benzene rings is 1. The van der Waals surface area contributed by atoms with Gasteiger partial charge in [-0.1, -0.05) is 5.16 Å². The van der Waals surface area contributed by atoms with Gasteiger partial charge in [0.1, 0.15) is 11.4 Å². The van der Waals surface area contributed by atoms with Gasteiger partial charge in [-0.15, -0.1) is 0 Å². The van der Waals surface area contributed by atoms with Crippen LogP contribution in [-0.2, 0) is 0 Å². The number of likely N-dealkylation sites (tertiary alicyclic amines) is 1. The van der Waals surface area contributed by atoms with Crippen molar-refractivity contribution in [3.63, 3.8) is 0 Å². The summed E-state index contributed by atoms with van der Waals surface area (Å²) in [6, 6.07) is 4.97. The maximum atomic E-state index is 12.6. The van der Waals surface area contributed by atoms with Crippen LogP contribution in [0.3, 0.4) is 0 Å². The number of aromatic nitrogens is 2. The highest BCUT2D eigenvalue weighted by molar-refractivity contribution is 6.01. The number of hydrogen-bond acceptors (Lipinski definition) is 6. The van der Waals surface area contributed by atoms with Gasteiger partial charge in [0.25, 0.3) is 0 Å². The molecule has 0 aliphatic carbocycles. The van der Waals surface area contributed by atoms with Crippen LogP contribution >= 0.6 is 0 Å². The number of ether oxygens (including phenoxy) is 1. The third-order valence-electron chi connectivity index (χ3n) is 4.75. The quantitative estimate of drug-likeness (QED) is 0.802. The van der Waals surface area contributed by atoms with E-state index in [1.165, 1.54) is 4.90 Å². The summed E-state index contributed by atoms with van der Waals surface area (Å²) >= 11 is 0. The lowest BCUT2D eigenvalue weighted by Crippen LogP contribution is -2.52. The number of piperidine rings is 1. The molecule has 1 saturated heterocycles. The lowest BCUT2D eigenvalue weighted by atomic mass is 9.82. The first-order chi connectivity index (χ1) is 12.0. The predicted molar refractivity (Wildman–Crippen MR) is 83.7 cm³/mol. The number of H-pyrrole nitrogens is 1. The van der Waals surface area contributed by atoms with Gasteiger partial charge in [0.05, 0.1) is 12.0 Å². The van der Waals surface area contributed by atoms with E-state index in [0.29, 0.717) is 42.8 Å². The van der Waals surface area contributed by atoms with Crippen molar-refractivity contribution in [1.82, 2.24) is 15.0 Å². The summed E-state index contributed by atoms with van der Waals surface area (Å²) in [4.78, 5) is 38.5. The van der Waals surface area contributed by atoms with E-state index in [4.69, 9.17) is 9.84 Å². The van der Waals surface area contributed by atoms with Crippen LogP contribution in [0.5, 0.6) is 5.75 Å². The fourth-order valence-corrected chi connectivity index (χ4v) is 3.38. The highest BCUT2D eigenvalue weighted by Crippen LogP contribution is 2.40. The lowest BCUT2D eigenvalue weighted by molar-refractivity contribution is -0.00518. The van der Waals surface area contributed by atoms with E-state index in [-0.39, 0.29) is 18.0 Å². The predicted octanol–water partition coefficient (Wildman–Crippen LogP) is 1.51. The number of fused-ring (bicyclic) bond motifs is 1. The molecule has 0 bridgehead atoms. The molecule has 2 N–H and O–H groups in total. The molecule has 0 radical (unpaired) electrons. The van der Waals surface area contributed by atoms with Crippen LogP contribution in [0.1, 0.15) is 29.6 Å². The van der Waals surface area contributed by atoms with E-state index < -0.39 is 17.5 Å². The van der Waals surface area contributed by atoms with Crippen molar-refractivity contribution >= 4 is 11.9 Å². The van der Waals surface area contributed by atoms with Crippen molar-refractivity contribution in [2.75, 3.05) is 13.1 Å². The fourth-order valence-electron chi connectivity index (χ4n) is 3.38. The van der Waals surface area contributed by atoms with E-state index in [0.717, 1.165) is 0 Å². The molecule has 1 aromatic heterocycles. The Hall–Kier alpha value is -3.10. The number of amides is 1. The second kappa shape index (κ2) is 5.47. The Morgan fingerprint density at radius 2 is 2.04 bits per heavy atom. The highest BCUT2D eigenvalue weighted by atomic mass is 16.5. The van der Waals surface area contributed by atoms with Gasteiger partial charge < -0.3 is 14.7 Å². The zero-order valence-corrected chi connectivity index (χ0v) is 13.2. The SMILES string of the molecule is O=C1CC2(CCN(C(=O)O)CC2)Oc2ccc(-c3noc(=O)[nH]3)cc21. The Labute approximate surface area is 141 Å². The Morgan fingerprint density at radius 3 is 2.68 bits per heavy atom. The zero-order valence-electron chi connectivity index (χ0n) is 13.2. The van der Waals surface area contributed by atoms with Crippen LogP contribution in [0, 0.1) is 0 Å². The highest BCUT2D eigenvalue weighted by Gasteiger charge is 2.43. The molecule has 0 saturated carbocycles. The van der Waals surface area contributed by atoms with Crippen LogP contribution in [-0.4, -0.2) is 50.7 Å². The Balaban J connectivity index is 1.61. The average Bonchev–Trinajstić information content (AvgIpc) is 3.01. The van der Waals surface area contributed by atoms with Crippen LogP contribution in [0.2, 0.25) is 0 Å². The third-order valence-corrected chi connectivity index (χ3v) is 4.75. The summed E-state index contributed by atoms with van der Waals surface area (Å²) in [5, 5.41) is 12.7. The van der Waals surface area contributed by atoms with Gasteiger partial charge in [0, 0.05) is 31.5 Å². The molecule has 1 aromatic carbocycles. The normalized spacial score (nSPS) is 18.7. The Kier molecular flexibility index (Phi) is 3.38. The van der Waals surface area contributed by atoms with Crippen LogP contribution < -0.4 is 10.5 Å². The number of ketones is 1. The monoisotopic (exact) mass is 345 g/mol. The van der Waals surface area contributed by atoms with Crippen LogP contribution in [0.25, 0.3) is 11.4 Å². The average molecular weight is 345 g/mol. The van der Waals surface area contributed by atoms with Gasteiger partial charge >= 0.3 is 11.8 Å². The first-order valence-corrected chi connectivity index (χ1v) is 7.86. The van der Waals surface area contributed by atoms with Crippen molar-refractivity contribution in [1.29, 1.82) is 0 Å². The van der Waals surface area contributed by atoms with Crippen molar-refractivity contribution in [2.24, 2.45) is 0 Å². The van der Waals surface area contributed by atoms with Crippen molar-refractivity contribution in [3.05, 3.63) is 34.3 Å². The molecular formula is C16H15N3O6. The number of hydrogen-bond donors (Lipinski definition) is 2. The van der Waals surface area contributed by atoms with Crippen molar-refractivity contribution in [3.8, 4) is 17.1 Å². The van der Waals surface area contributed by atoms with Gasteiger partial charge in [-0.2, -0.15) is 0 Å². The van der Waals surface area contributed by atoms with Crippen LogP contribution in [0.4, 0.5) is 4.79 Å². The van der Waals surface area contributed by atoms with E-state index in [9.17, 15) is 14.4 Å². The maximum absolute atomic E-state index is 12.6. The number of nitrogens with one attached hydrogen (secondary N) is 1. The van der Waals surface area contributed by atoms with Gasteiger partial charge in [-0.05, 0) is 18.2 Å². The summed E-state index contributed by atoms with van der Waals surface area (Å²) < 4.78 is 10.6. The minimum absolute atomic E-state index is 0.0716. The Bertz CT molecular complexity index is 907. The fraction of sp³-hybridized carbons (Fsp3) is 0.375. The molecule has 0 unspecified atom stereocenters. The van der Waals surface area contributed by atoms with Gasteiger partial charge in [0.2, 0.25) is 0 Å². The molecule has 3 heterocycles. The molecule has 1 amide bonds. The standard InChI is InChI=1S/C16H15N3O6/c20-11-8-16(3-5-19(6-4-16)15(22)23)24-12-2-1-9(7-10(11)12)13-17-14(21)25-18-13/h1-2,7H,3-6,8H2,(H,22,23)(H,17,18,21). The zero-order chi connectivity index (χ0) is 17.6. The minimum Gasteiger partial charge on any atom is -0.486 e. The first kappa shape index (κ1) is 15.4.